The van der Waals surface area contributed by atoms with E-state index in [0.29, 0.717) is 11.7 Å². The van der Waals surface area contributed by atoms with Crippen molar-refractivity contribution in [2.45, 2.75) is 59.0 Å². The molecule has 5 rings (SSSR count). The van der Waals surface area contributed by atoms with Gasteiger partial charge in [0.1, 0.15) is 0 Å². The normalized spacial score (nSPS) is 38.8. The molecule has 2 heteroatoms. The number of hydrogen-bond donors (Lipinski definition) is 1. The minimum Gasteiger partial charge on any atom is -0.303 e. The predicted octanol–water partition coefficient (Wildman–Crippen LogP) is 3.73. The molecule has 3 aliphatic carbocycles. The summed E-state index contributed by atoms with van der Waals surface area (Å²) >= 11 is 0. The number of benzene rings is 1. The van der Waals surface area contributed by atoms with Crippen molar-refractivity contribution in [1.82, 2.24) is 5.32 Å². The zero-order valence-electron chi connectivity index (χ0n) is 14.0. The van der Waals surface area contributed by atoms with Crippen molar-refractivity contribution < 1.29 is 4.79 Å². The van der Waals surface area contributed by atoms with Crippen LogP contribution in [0.4, 0.5) is 0 Å². The van der Waals surface area contributed by atoms with E-state index in [2.05, 4.69) is 50.4 Å². The van der Waals surface area contributed by atoms with Gasteiger partial charge in [-0.25, -0.2) is 0 Å². The molecule has 1 aromatic carbocycles. The average molecular weight is 297 g/mol. The minimum absolute atomic E-state index is 0.00988. The second-order valence-electron chi connectivity index (χ2n) is 8.34. The van der Waals surface area contributed by atoms with Crippen molar-refractivity contribution in [2.75, 3.05) is 0 Å². The monoisotopic (exact) mass is 297 g/mol. The van der Waals surface area contributed by atoms with Crippen molar-refractivity contribution in [2.24, 2.45) is 22.7 Å². The molecule has 118 valence electrons. The summed E-state index contributed by atoms with van der Waals surface area (Å²) in [5.41, 5.74) is 2.81. The summed E-state index contributed by atoms with van der Waals surface area (Å²) in [6, 6.07) is 8.55. The molecule has 0 aromatic heterocycles. The van der Waals surface area contributed by atoms with Crippen LogP contribution >= 0.6 is 0 Å². The first kappa shape index (κ1) is 14.4. The van der Waals surface area contributed by atoms with E-state index >= 15 is 0 Å². The molecule has 3 fully saturated rings. The van der Waals surface area contributed by atoms with Gasteiger partial charge in [0, 0.05) is 12.0 Å². The number of carbonyl (C=O) groups excluding carboxylic acids is 1. The van der Waals surface area contributed by atoms with E-state index < -0.39 is 0 Å². The van der Waals surface area contributed by atoms with Gasteiger partial charge in [-0.05, 0) is 54.1 Å². The smallest absolute Gasteiger partial charge is 0.157 e. The highest BCUT2D eigenvalue weighted by Gasteiger charge is 2.68. The number of ketones is 1. The lowest BCUT2D eigenvalue weighted by Gasteiger charge is -2.68. The van der Waals surface area contributed by atoms with Crippen LogP contribution in [0.25, 0.3) is 0 Å². The van der Waals surface area contributed by atoms with Crippen LogP contribution in [0.2, 0.25) is 0 Å². The van der Waals surface area contributed by atoms with Gasteiger partial charge in [0.25, 0.3) is 0 Å². The van der Waals surface area contributed by atoms with Gasteiger partial charge in [-0.1, -0.05) is 45.0 Å². The maximum absolute atomic E-state index is 13.5. The molecule has 4 atom stereocenters. The number of nitrogens with one attached hydrogen (secondary N) is 1. The quantitative estimate of drug-likeness (QED) is 0.901. The summed E-state index contributed by atoms with van der Waals surface area (Å²) in [5, 5.41) is 3.53. The Morgan fingerprint density at radius 3 is 2.59 bits per heavy atom. The molecule has 1 heterocycles. The molecule has 0 saturated heterocycles. The molecule has 2 nitrogen and oxygen atoms in total. The second-order valence-corrected chi connectivity index (χ2v) is 8.34. The fourth-order valence-electron chi connectivity index (χ4n) is 5.75. The fraction of sp³-hybridized carbons (Fsp3) is 0.650. The van der Waals surface area contributed by atoms with E-state index in [-0.39, 0.29) is 16.9 Å². The van der Waals surface area contributed by atoms with Gasteiger partial charge in [-0.2, -0.15) is 0 Å². The Labute approximate surface area is 133 Å². The summed E-state index contributed by atoms with van der Waals surface area (Å²) in [4.78, 5) is 13.5. The van der Waals surface area contributed by atoms with Crippen molar-refractivity contribution in [3.8, 4) is 0 Å². The van der Waals surface area contributed by atoms with Gasteiger partial charge >= 0.3 is 0 Å². The van der Waals surface area contributed by atoms with Crippen LogP contribution in [0.1, 0.15) is 51.2 Å². The molecule has 4 aliphatic rings. The zero-order valence-corrected chi connectivity index (χ0v) is 14.0. The van der Waals surface area contributed by atoms with Crippen molar-refractivity contribution in [3.05, 3.63) is 35.4 Å². The highest BCUT2D eigenvalue weighted by molar-refractivity contribution is 5.92. The summed E-state index contributed by atoms with van der Waals surface area (Å²) in [6.07, 6.45) is 4.53. The summed E-state index contributed by atoms with van der Waals surface area (Å²) in [5.74, 6) is 1.78. The average Bonchev–Trinajstić information content (AvgIpc) is 2.53. The summed E-state index contributed by atoms with van der Waals surface area (Å²) < 4.78 is 0. The van der Waals surface area contributed by atoms with Crippen molar-refractivity contribution >= 4 is 5.78 Å². The Morgan fingerprint density at radius 2 is 1.91 bits per heavy atom. The largest absolute Gasteiger partial charge is 0.303 e. The van der Waals surface area contributed by atoms with E-state index in [0.717, 1.165) is 25.3 Å². The van der Waals surface area contributed by atoms with Crippen LogP contribution in [0, 0.1) is 22.7 Å². The SMILES string of the molecule is CC1CCC2CC1(C(=O)C1Cc3ccccc3CN1)C2(C)C. The third-order valence-corrected chi connectivity index (χ3v) is 7.37. The first-order valence-electron chi connectivity index (χ1n) is 8.81. The Kier molecular flexibility index (Phi) is 3.07. The molecule has 0 spiro atoms. The van der Waals surface area contributed by atoms with Crippen LogP contribution in [0.5, 0.6) is 0 Å². The first-order chi connectivity index (χ1) is 10.5. The Morgan fingerprint density at radius 1 is 1.18 bits per heavy atom. The van der Waals surface area contributed by atoms with E-state index in [4.69, 9.17) is 0 Å². The molecular weight excluding hydrogens is 270 g/mol. The van der Waals surface area contributed by atoms with Gasteiger partial charge in [0.2, 0.25) is 0 Å². The summed E-state index contributed by atoms with van der Waals surface area (Å²) in [7, 11) is 0. The van der Waals surface area contributed by atoms with Gasteiger partial charge in [0.05, 0.1) is 6.04 Å². The van der Waals surface area contributed by atoms with Crippen LogP contribution in [-0.4, -0.2) is 11.8 Å². The van der Waals surface area contributed by atoms with Gasteiger partial charge in [-0.15, -0.1) is 0 Å². The molecule has 1 aromatic rings. The molecule has 1 N–H and O–H groups in total. The number of rotatable bonds is 2. The lowest BCUT2D eigenvalue weighted by molar-refractivity contribution is -0.201. The van der Waals surface area contributed by atoms with Crippen LogP contribution in [0.15, 0.2) is 24.3 Å². The van der Waals surface area contributed by atoms with E-state index in [1.807, 2.05) is 0 Å². The molecule has 1 aliphatic heterocycles. The third-order valence-electron chi connectivity index (χ3n) is 7.37. The Hall–Kier alpha value is -1.15. The molecular formula is C20H27NO. The molecule has 2 bridgehead atoms. The number of carbonyl (C=O) groups is 1. The standard InChI is InChI=1S/C20H27NO/c1-13-8-9-16-11-20(13,19(16,2)3)18(22)17-10-14-6-4-5-7-15(14)12-21-17/h4-7,13,16-17,21H,8-12H2,1-3H3. The minimum atomic E-state index is -0.0835. The van der Waals surface area contributed by atoms with Crippen molar-refractivity contribution in [1.29, 1.82) is 0 Å². The molecule has 0 radical (unpaired) electrons. The number of Topliss-reactive ketones (excluding diaryl/α,β-unsaturated/α-hetero) is 1. The van der Waals surface area contributed by atoms with Crippen LogP contribution < -0.4 is 5.32 Å². The van der Waals surface area contributed by atoms with Crippen molar-refractivity contribution in [3.63, 3.8) is 0 Å². The molecule has 4 unspecified atom stereocenters. The summed E-state index contributed by atoms with van der Waals surface area (Å²) in [6.45, 7) is 7.82. The Balaban J connectivity index is 1.63. The first-order valence-corrected chi connectivity index (χ1v) is 8.81. The van der Waals surface area contributed by atoms with Crippen LogP contribution in [-0.2, 0) is 17.8 Å². The van der Waals surface area contributed by atoms with Gasteiger partial charge in [0.15, 0.2) is 5.78 Å². The predicted molar refractivity (Wildman–Crippen MR) is 88.5 cm³/mol. The van der Waals surface area contributed by atoms with Crippen LogP contribution in [0.3, 0.4) is 0 Å². The molecule has 0 amide bonds. The van der Waals surface area contributed by atoms with Gasteiger partial charge in [-0.3, -0.25) is 4.79 Å². The number of fused-ring (bicyclic) bond motifs is 3. The van der Waals surface area contributed by atoms with Gasteiger partial charge < -0.3 is 5.32 Å². The lowest BCUT2D eigenvalue weighted by atomic mass is 9.35. The van der Waals surface area contributed by atoms with E-state index in [9.17, 15) is 4.79 Å². The Bertz CT molecular complexity index is 620. The number of hydrogen-bond acceptors (Lipinski definition) is 2. The zero-order chi connectivity index (χ0) is 15.5. The highest BCUT2D eigenvalue weighted by Crippen LogP contribution is 2.70. The van der Waals surface area contributed by atoms with E-state index in [1.54, 1.807) is 0 Å². The topological polar surface area (TPSA) is 29.1 Å². The lowest BCUT2D eigenvalue weighted by Crippen LogP contribution is -2.68. The molecule has 22 heavy (non-hydrogen) atoms. The second kappa shape index (κ2) is 4.67. The maximum Gasteiger partial charge on any atom is 0.157 e. The maximum atomic E-state index is 13.5. The fourth-order valence-corrected chi connectivity index (χ4v) is 5.75. The molecule has 3 saturated carbocycles. The van der Waals surface area contributed by atoms with E-state index in [1.165, 1.54) is 24.0 Å². The highest BCUT2D eigenvalue weighted by atomic mass is 16.1. The third kappa shape index (κ3) is 1.68.